The van der Waals surface area contributed by atoms with Crippen molar-refractivity contribution in [2.45, 2.75) is 30.4 Å². The molecule has 0 aliphatic carbocycles. The van der Waals surface area contributed by atoms with Crippen LogP contribution in [0.3, 0.4) is 0 Å². The van der Waals surface area contributed by atoms with Crippen LogP contribution in [-0.2, 0) is 9.59 Å². The van der Waals surface area contributed by atoms with Gasteiger partial charge in [-0.25, -0.2) is 0 Å². The normalized spacial score (nSPS) is 38.6. The van der Waals surface area contributed by atoms with Gasteiger partial charge in [-0.3, -0.25) is 9.69 Å². The van der Waals surface area contributed by atoms with Gasteiger partial charge in [0, 0.05) is 11.3 Å². The highest BCUT2D eigenvalue weighted by molar-refractivity contribution is 8.00. The Morgan fingerprint density at radius 2 is 2.32 bits per heavy atom. The highest BCUT2D eigenvalue weighted by atomic mass is 32.2. The molecule has 3 aliphatic rings. The Bertz CT molecular complexity index is 552. The predicted octanol–water partition coefficient (Wildman–Crippen LogP) is -2.17. The molecule has 0 aromatic heterocycles. The van der Waals surface area contributed by atoms with Crippen molar-refractivity contribution in [2.75, 3.05) is 32.4 Å². The fourth-order valence-corrected chi connectivity index (χ4v) is 4.98. The highest BCUT2D eigenvalue weighted by Crippen LogP contribution is 2.39. The lowest BCUT2D eigenvalue weighted by Crippen LogP contribution is -2.69. The molecule has 8 heteroatoms. The summed E-state index contributed by atoms with van der Waals surface area (Å²) < 4.78 is 0.590. The number of aliphatic carboxylic acids is 1. The molecule has 3 rings (SSSR count). The molecule has 22 heavy (non-hydrogen) atoms. The zero-order valence-corrected chi connectivity index (χ0v) is 13.3. The predicted molar refractivity (Wildman–Crippen MR) is 79.1 cm³/mol. The number of hydrogen-bond donors (Lipinski definition) is 2. The van der Waals surface area contributed by atoms with Crippen LogP contribution in [0.15, 0.2) is 11.3 Å². The van der Waals surface area contributed by atoms with Crippen LogP contribution in [0.5, 0.6) is 0 Å². The summed E-state index contributed by atoms with van der Waals surface area (Å²) in [6.07, 6.45) is 1.35. The highest BCUT2D eigenvalue weighted by Gasteiger charge is 2.51. The third-order valence-electron chi connectivity index (χ3n) is 4.74. The molecular weight excluding hydrogens is 306 g/mol. The summed E-state index contributed by atoms with van der Waals surface area (Å²) in [5.41, 5.74) is 6.43. The topological polar surface area (TPSA) is 107 Å². The van der Waals surface area contributed by atoms with Gasteiger partial charge in [-0.1, -0.05) is 0 Å². The van der Waals surface area contributed by atoms with Gasteiger partial charge >= 0.3 is 0 Å². The number of amides is 1. The van der Waals surface area contributed by atoms with E-state index < -0.39 is 12.0 Å². The van der Waals surface area contributed by atoms with E-state index in [-0.39, 0.29) is 23.1 Å². The number of nitrogens with two attached hydrogens (primary N) is 1. The molecule has 4 atom stereocenters. The number of quaternary nitrogens is 1. The van der Waals surface area contributed by atoms with Gasteiger partial charge < -0.3 is 25.2 Å². The van der Waals surface area contributed by atoms with Crippen LogP contribution in [0.2, 0.25) is 0 Å². The molecule has 0 saturated carbocycles. The van der Waals surface area contributed by atoms with Crippen LogP contribution >= 0.6 is 11.8 Å². The molecule has 7 nitrogen and oxygen atoms in total. The number of thioether (sulfide) groups is 1. The largest absolute Gasteiger partial charge is 0.543 e. The lowest BCUT2D eigenvalue weighted by atomic mass is 10.0. The van der Waals surface area contributed by atoms with E-state index in [1.165, 1.54) is 16.7 Å². The molecule has 0 aromatic carbocycles. The first-order valence-corrected chi connectivity index (χ1v) is 8.52. The minimum absolute atomic E-state index is 0.00476. The standard InChI is InChI=1S/C14H21N3O4S/c1-17(4-2-3-9(18)6-17)5-8-7-22-13-10(15)12(19)16(13)11(8)14(20)21/h9-10,13,18H,2-7,15H2,1H3. The second-order valence-electron chi connectivity index (χ2n) is 6.66. The van der Waals surface area contributed by atoms with Crippen molar-refractivity contribution in [3.8, 4) is 0 Å². The molecule has 2 fully saturated rings. The van der Waals surface area contributed by atoms with Crippen molar-refractivity contribution >= 4 is 23.6 Å². The second-order valence-corrected chi connectivity index (χ2v) is 7.76. The SMILES string of the molecule is C[N+]1(CC2=C(C(=O)[O-])N3C(=O)C(N)C3SC2)CCCC(O)C1. The maximum Gasteiger partial charge on any atom is 0.248 e. The Hall–Kier alpha value is -1.09. The second kappa shape index (κ2) is 5.52. The summed E-state index contributed by atoms with van der Waals surface area (Å²) in [4.78, 5) is 24.7. The summed E-state index contributed by atoms with van der Waals surface area (Å²) in [6.45, 7) is 2.01. The number of hydrogen-bond acceptors (Lipinski definition) is 6. The smallest absolute Gasteiger partial charge is 0.248 e. The van der Waals surface area contributed by atoms with E-state index >= 15 is 0 Å². The number of likely N-dealkylation sites (tertiary alicyclic amines) is 1. The van der Waals surface area contributed by atoms with Crippen molar-refractivity contribution in [3.63, 3.8) is 0 Å². The molecule has 122 valence electrons. The van der Waals surface area contributed by atoms with E-state index in [1.54, 1.807) is 0 Å². The number of β-lactam (4-membered cyclic amide) rings is 1. The van der Waals surface area contributed by atoms with Crippen LogP contribution < -0.4 is 10.8 Å². The van der Waals surface area contributed by atoms with Gasteiger partial charge in [-0.2, -0.15) is 0 Å². The number of nitrogens with zero attached hydrogens (tertiary/aromatic N) is 2. The molecule has 3 aliphatic heterocycles. The molecule has 3 heterocycles. The monoisotopic (exact) mass is 327 g/mol. The van der Waals surface area contributed by atoms with Gasteiger partial charge in [0.1, 0.15) is 30.6 Å². The average molecular weight is 327 g/mol. The molecule has 1 amide bonds. The van der Waals surface area contributed by atoms with E-state index in [0.29, 0.717) is 28.9 Å². The maximum absolute atomic E-state index is 11.9. The van der Waals surface area contributed by atoms with E-state index in [9.17, 15) is 19.8 Å². The first kappa shape index (κ1) is 15.8. The molecule has 0 radical (unpaired) electrons. The third-order valence-corrected chi connectivity index (χ3v) is 6.10. The Morgan fingerprint density at radius 1 is 1.59 bits per heavy atom. The van der Waals surface area contributed by atoms with Crippen LogP contribution in [0.1, 0.15) is 12.8 Å². The third kappa shape index (κ3) is 2.54. The summed E-state index contributed by atoms with van der Waals surface area (Å²) >= 11 is 1.50. The minimum atomic E-state index is -1.32. The van der Waals surface area contributed by atoms with Gasteiger partial charge in [0.25, 0.3) is 0 Å². The number of likely N-dealkylation sites (N-methyl/N-ethyl adjacent to an activating group) is 1. The lowest BCUT2D eigenvalue weighted by molar-refractivity contribution is -0.912. The number of carbonyl (C=O) groups is 2. The van der Waals surface area contributed by atoms with Crippen LogP contribution in [-0.4, -0.2) is 76.3 Å². The van der Waals surface area contributed by atoms with Crippen molar-refractivity contribution < 1.29 is 24.3 Å². The number of aliphatic hydroxyl groups is 1. The Kier molecular flexibility index (Phi) is 3.96. The van der Waals surface area contributed by atoms with E-state index in [0.717, 1.165) is 19.4 Å². The molecule has 4 unspecified atom stereocenters. The summed E-state index contributed by atoms with van der Waals surface area (Å²) in [5, 5.41) is 21.1. The Balaban J connectivity index is 1.87. The number of carbonyl (C=O) groups excluding carboxylic acids is 2. The molecular formula is C14H21N3O4S. The van der Waals surface area contributed by atoms with Crippen molar-refractivity contribution in [1.82, 2.24) is 4.90 Å². The van der Waals surface area contributed by atoms with Crippen LogP contribution in [0.4, 0.5) is 0 Å². The summed E-state index contributed by atoms with van der Waals surface area (Å²) in [5.74, 6) is -1.13. The fourth-order valence-electron chi connectivity index (χ4n) is 3.69. The number of carboxylic acid groups (broad SMARTS) is 1. The fraction of sp³-hybridized carbons (Fsp3) is 0.714. The number of fused-ring (bicyclic) bond motifs is 1. The molecule has 2 saturated heterocycles. The van der Waals surface area contributed by atoms with Crippen molar-refractivity contribution in [1.29, 1.82) is 0 Å². The van der Waals surface area contributed by atoms with Crippen molar-refractivity contribution in [2.24, 2.45) is 5.73 Å². The number of aliphatic hydroxyl groups excluding tert-OH is 1. The van der Waals surface area contributed by atoms with Gasteiger partial charge in [-0.15, -0.1) is 11.8 Å². The van der Waals surface area contributed by atoms with Gasteiger partial charge in [0.2, 0.25) is 5.91 Å². The summed E-state index contributed by atoms with van der Waals surface area (Å²) in [7, 11) is 2.02. The first-order chi connectivity index (χ1) is 10.3. The Labute approximate surface area is 133 Å². The zero-order valence-electron chi connectivity index (χ0n) is 12.5. The number of carboxylic acids is 1. The zero-order chi connectivity index (χ0) is 16.1. The number of rotatable bonds is 3. The van der Waals surface area contributed by atoms with E-state index in [2.05, 4.69) is 0 Å². The summed E-state index contributed by atoms with van der Waals surface area (Å²) in [6, 6.07) is -0.623. The molecule has 3 N–H and O–H groups in total. The van der Waals surface area contributed by atoms with E-state index in [4.69, 9.17) is 5.73 Å². The Morgan fingerprint density at radius 3 is 2.95 bits per heavy atom. The minimum Gasteiger partial charge on any atom is -0.543 e. The van der Waals surface area contributed by atoms with Gasteiger partial charge in [0.15, 0.2) is 0 Å². The lowest BCUT2D eigenvalue weighted by Gasteiger charge is -2.50. The average Bonchev–Trinajstić information content (AvgIpc) is 2.45. The molecule has 0 aromatic rings. The quantitative estimate of drug-likeness (QED) is 0.451. The van der Waals surface area contributed by atoms with E-state index in [1.807, 2.05) is 7.05 Å². The molecule has 0 spiro atoms. The number of piperidine rings is 1. The maximum atomic E-state index is 11.9. The van der Waals surface area contributed by atoms with Gasteiger partial charge in [0.05, 0.1) is 25.3 Å². The molecule has 0 bridgehead atoms. The van der Waals surface area contributed by atoms with Crippen molar-refractivity contribution in [3.05, 3.63) is 11.3 Å². The van der Waals surface area contributed by atoms with Gasteiger partial charge in [-0.05, 0) is 12.8 Å². The first-order valence-electron chi connectivity index (χ1n) is 7.48. The van der Waals surface area contributed by atoms with Crippen LogP contribution in [0.25, 0.3) is 0 Å². The van der Waals surface area contributed by atoms with Crippen LogP contribution in [0, 0.1) is 0 Å².